The summed E-state index contributed by atoms with van der Waals surface area (Å²) in [6, 6.07) is 39.2. The summed E-state index contributed by atoms with van der Waals surface area (Å²) in [6.07, 6.45) is 9.36. The van der Waals surface area contributed by atoms with Crippen LogP contribution in [-0.2, 0) is 0 Å². The van der Waals surface area contributed by atoms with Crippen LogP contribution < -0.4 is 4.67 Å². The minimum atomic E-state index is 0.962. The second-order valence-electron chi connectivity index (χ2n) is 7.47. The van der Waals surface area contributed by atoms with Crippen LogP contribution >= 0.6 is 0 Å². The van der Waals surface area contributed by atoms with Crippen LogP contribution in [0.15, 0.2) is 121 Å². The van der Waals surface area contributed by atoms with Crippen molar-refractivity contribution < 1.29 is 0 Å². The molecule has 0 bridgehead atoms. The first-order chi connectivity index (χ1) is 15.8. The average Bonchev–Trinajstić information content (AvgIpc) is 2.86. The van der Waals surface area contributed by atoms with E-state index in [1.165, 1.54) is 22.3 Å². The summed E-state index contributed by atoms with van der Waals surface area (Å²) in [5.74, 6) is 0. The summed E-state index contributed by atoms with van der Waals surface area (Å²) in [5.41, 5.74) is 7.93. The maximum absolute atomic E-state index is 4.46. The van der Waals surface area contributed by atoms with Gasteiger partial charge in [0, 0.05) is 5.56 Å². The molecule has 4 rings (SSSR count). The molecule has 0 atom stereocenters. The Kier molecular flexibility index (Phi) is 7.06. The highest BCUT2D eigenvalue weighted by Crippen LogP contribution is 2.29. The molecule has 0 saturated heterocycles. The van der Waals surface area contributed by atoms with E-state index >= 15 is 0 Å². The van der Waals surface area contributed by atoms with E-state index in [0.29, 0.717) is 0 Å². The minimum absolute atomic E-state index is 0.962. The van der Waals surface area contributed by atoms with Crippen LogP contribution in [0.2, 0.25) is 0 Å². The largest absolute Gasteiger partial charge is 0.290 e. The van der Waals surface area contributed by atoms with E-state index in [1.54, 1.807) is 0 Å². The van der Waals surface area contributed by atoms with Gasteiger partial charge in [0.15, 0.2) is 0 Å². The number of nitrogens with zero attached hydrogens (tertiary/aromatic N) is 1. The van der Waals surface area contributed by atoms with Gasteiger partial charge in [-0.3, -0.25) is 0 Å². The molecular weight excluding hydrogens is 386 g/mol. The third-order valence-corrected chi connectivity index (χ3v) is 5.27. The second kappa shape index (κ2) is 10.7. The van der Waals surface area contributed by atoms with Crippen LogP contribution in [0, 0.1) is 0 Å². The van der Waals surface area contributed by atoms with E-state index in [1.807, 2.05) is 54.7 Å². The molecule has 0 N–H and O–H groups in total. The molecule has 0 heterocycles. The standard InChI is InChI=1S/C31H25N/c1-25(30-20-12-11-19-29(30)24-32-23-27-15-7-3-8-16-27)31(28-17-9-4-10-18-28)22-21-26-13-5-2-6-14-26/h2-22,24H,1H3/b22-21+,31-25-. The van der Waals surface area contributed by atoms with Gasteiger partial charge in [-0.25, -0.2) is 0 Å². The minimum Gasteiger partial charge on any atom is -0.187 e. The van der Waals surface area contributed by atoms with Crippen LogP contribution in [0.4, 0.5) is 0 Å². The van der Waals surface area contributed by atoms with Gasteiger partial charge in [-0.15, -0.1) is 24.3 Å². The maximum atomic E-state index is 4.46. The highest BCUT2D eigenvalue weighted by atomic mass is 14.5. The predicted octanol–water partition coefficient (Wildman–Crippen LogP) is 6.81. The van der Waals surface area contributed by atoms with Gasteiger partial charge >= 0.3 is 0 Å². The third kappa shape index (κ3) is 5.49. The Labute approximate surface area is 190 Å². The monoisotopic (exact) mass is 411 g/mol. The molecule has 1 nitrogen and oxygen atoms in total. The van der Waals surface area contributed by atoms with Crippen molar-refractivity contribution in [1.82, 2.24) is 4.67 Å². The van der Waals surface area contributed by atoms with E-state index in [-0.39, 0.29) is 0 Å². The Morgan fingerprint density at radius 1 is 0.688 bits per heavy atom. The summed E-state index contributed by atoms with van der Waals surface area (Å²) in [5, 5.41) is 0. The number of benzene rings is 4. The van der Waals surface area contributed by atoms with Crippen molar-refractivity contribution in [2.24, 2.45) is 0 Å². The van der Waals surface area contributed by atoms with E-state index in [4.69, 9.17) is 0 Å². The summed E-state index contributed by atoms with van der Waals surface area (Å²) in [4.78, 5) is 0. The van der Waals surface area contributed by atoms with Crippen molar-refractivity contribution in [2.45, 2.75) is 6.92 Å². The first kappa shape index (κ1) is 21.1. The van der Waals surface area contributed by atoms with Crippen molar-refractivity contribution in [1.29, 1.82) is 0 Å². The zero-order valence-corrected chi connectivity index (χ0v) is 18.1. The summed E-state index contributed by atoms with van der Waals surface area (Å²) < 4.78 is 4.46. The number of hydrogen-bond donors (Lipinski definition) is 0. The fourth-order valence-corrected chi connectivity index (χ4v) is 3.58. The summed E-state index contributed by atoms with van der Waals surface area (Å²) in [6.45, 7) is 2.18. The van der Waals surface area contributed by atoms with Crippen LogP contribution in [0.25, 0.3) is 17.2 Å². The van der Waals surface area contributed by atoms with Crippen LogP contribution in [-0.4, -0.2) is 12.4 Å². The molecule has 0 aromatic heterocycles. The molecule has 4 aromatic rings. The van der Waals surface area contributed by atoms with Gasteiger partial charge in [-0.05, 0) is 34.8 Å². The van der Waals surface area contributed by atoms with Crippen LogP contribution in [0.5, 0.6) is 0 Å². The third-order valence-electron chi connectivity index (χ3n) is 5.27. The Hall–Kier alpha value is -4.19. The molecule has 0 aliphatic heterocycles. The molecule has 0 saturated carbocycles. The Bertz CT molecular complexity index is 1270. The Morgan fingerprint density at radius 3 is 2.00 bits per heavy atom. The molecule has 0 spiro atoms. The van der Waals surface area contributed by atoms with E-state index in [2.05, 4.69) is 96.7 Å². The first-order valence-corrected chi connectivity index (χ1v) is 10.7. The van der Waals surface area contributed by atoms with Gasteiger partial charge in [0.25, 0.3) is 6.21 Å². The van der Waals surface area contributed by atoms with Crippen LogP contribution in [0.3, 0.4) is 0 Å². The normalized spacial score (nSPS) is 11.5. The van der Waals surface area contributed by atoms with E-state index in [0.717, 1.165) is 16.7 Å². The molecule has 154 valence electrons. The van der Waals surface area contributed by atoms with E-state index < -0.39 is 0 Å². The lowest BCUT2D eigenvalue weighted by Crippen LogP contribution is -1.96. The first-order valence-electron chi connectivity index (χ1n) is 10.7. The van der Waals surface area contributed by atoms with Gasteiger partial charge < -0.3 is 0 Å². The average molecular weight is 412 g/mol. The lowest BCUT2D eigenvalue weighted by atomic mass is 9.92. The van der Waals surface area contributed by atoms with Crippen molar-refractivity contribution in [3.05, 3.63) is 149 Å². The molecule has 0 aliphatic carbocycles. The molecule has 0 aliphatic rings. The van der Waals surface area contributed by atoms with E-state index in [9.17, 15) is 0 Å². The fraction of sp³-hybridized carbons (Fsp3) is 0.0323. The van der Waals surface area contributed by atoms with Gasteiger partial charge in [-0.1, -0.05) is 109 Å². The molecular formula is C31H25N. The van der Waals surface area contributed by atoms with Crippen molar-refractivity contribution in [2.75, 3.05) is 0 Å². The smallest absolute Gasteiger partial charge is 0.187 e. The molecule has 0 amide bonds. The lowest BCUT2D eigenvalue weighted by Gasteiger charge is -2.12. The predicted molar refractivity (Wildman–Crippen MR) is 139 cm³/mol. The molecule has 0 unspecified atom stereocenters. The van der Waals surface area contributed by atoms with Gasteiger partial charge in [0.05, 0.1) is 0 Å². The molecule has 1 heteroatoms. The van der Waals surface area contributed by atoms with Crippen molar-refractivity contribution in [3.8, 4) is 0 Å². The van der Waals surface area contributed by atoms with Gasteiger partial charge in [0.2, 0.25) is 6.21 Å². The Morgan fingerprint density at radius 2 is 1.28 bits per heavy atom. The zero-order valence-electron chi connectivity index (χ0n) is 18.1. The number of allylic oxidation sites excluding steroid dienone is 3. The SMILES string of the molecule is C/C(=C(\C=C\c1ccccc1)c1ccccc1)c1ccccc1C=[N+]=[C-]c1ccccc1. The molecule has 0 fully saturated rings. The second-order valence-corrected chi connectivity index (χ2v) is 7.47. The lowest BCUT2D eigenvalue weighted by molar-refractivity contribution is 1.52. The topological polar surface area (TPSA) is 14.1 Å². The van der Waals surface area contributed by atoms with Gasteiger partial charge in [-0.2, -0.15) is 4.67 Å². The molecule has 0 radical (unpaired) electrons. The number of hydrogen-bond acceptors (Lipinski definition) is 0. The zero-order chi connectivity index (χ0) is 22.0. The summed E-state index contributed by atoms with van der Waals surface area (Å²) >= 11 is 0. The fourth-order valence-electron chi connectivity index (χ4n) is 3.58. The number of rotatable bonds is 6. The quantitative estimate of drug-likeness (QED) is 0.109. The van der Waals surface area contributed by atoms with Gasteiger partial charge in [0.1, 0.15) is 0 Å². The van der Waals surface area contributed by atoms with Crippen molar-refractivity contribution in [3.63, 3.8) is 0 Å². The molecule has 4 aromatic carbocycles. The maximum Gasteiger partial charge on any atom is 0.290 e. The highest BCUT2D eigenvalue weighted by molar-refractivity contribution is 6.01. The summed E-state index contributed by atoms with van der Waals surface area (Å²) in [7, 11) is 0. The van der Waals surface area contributed by atoms with Crippen molar-refractivity contribution >= 4 is 29.7 Å². The Balaban J connectivity index is 1.77. The van der Waals surface area contributed by atoms with Crippen LogP contribution in [0.1, 0.15) is 34.7 Å². The highest BCUT2D eigenvalue weighted by Gasteiger charge is 2.09. The molecule has 32 heavy (non-hydrogen) atoms.